The monoisotopic (exact) mass is 210 g/mol. The van der Waals surface area contributed by atoms with Crippen LogP contribution in [-0.2, 0) is 9.53 Å². The molecule has 0 aromatic carbocycles. The van der Waals surface area contributed by atoms with Crippen LogP contribution >= 0.6 is 0 Å². The Morgan fingerprint density at radius 3 is 2.53 bits per heavy atom. The zero-order valence-electron chi connectivity index (χ0n) is 9.92. The molecule has 1 unspecified atom stereocenters. The van der Waals surface area contributed by atoms with Crippen molar-refractivity contribution in [1.29, 1.82) is 0 Å². The number of ketones is 1. The minimum atomic E-state index is -0.0485. The highest BCUT2D eigenvalue weighted by atomic mass is 16.5. The fourth-order valence-electron chi connectivity index (χ4n) is 2.93. The van der Waals surface area contributed by atoms with Crippen LogP contribution < -0.4 is 0 Å². The molecule has 0 aromatic rings. The van der Waals surface area contributed by atoms with Crippen LogP contribution in [0.4, 0.5) is 0 Å². The molecule has 0 bridgehead atoms. The minimum Gasteiger partial charge on any atom is -0.376 e. The van der Waals surface area contributed by atoms with Crippen molar-refractivity contribution < 1.29 is 9.53 Å². The molecule has 86 valence electrons. The van der Waals surface area contributed by atoms with Crippen LogP contribution in [0.1, 0.15) is 52.4 Å². The van der Waals surface area contributed by atoms with Gasteiger partial charge < -0.3 is 4.74 Å². The zero-order valence-corrected chi connectivity index (χ0v) is 9.92. The Hall–Kier alpha value is -0.370. The molecule has 2 heteroatoms. The number of rotatable bonds is 3. The Bertz CT molecular complexity index is 239. The van der Waals surface area contributed by atoms with E-state index < -0.39 is 0 Å². The highest BCUT2D eigenvalue weighted by Crippen LogP contribution is 2.50. The van der Waals surface area contributed by atoms with Crippen molar-refractivity contribution in [3.63, 3.8) is 0 Å². The fourth-order valence-corrected chi connectivity index (χ4v) is 2.93. The zero-order chi connectivity index (χ0) is 10.9. The summed E-state index contributed by atoms with van der Waals surface area (Å²) >= 11 is 0. The molecule has 0 aliphatic heterocycles. The number of hydrogen-bond donors (Lipinski definition) is 0. The van der Waals surface area contributed by atoms with Crippen molar-refractivity contribution >= 4 is 5.78 Å². The lowest BCUT2D eigenvalue weighted by molar-refractivity contribution is -0.170. The molecule has 2 rings (SSSR count). The molecule has 0 amide bonds. The number of carbonyl (C=O) groups excluding carboxylic acids is 1. The molecular weight excluding hydrogens is 188 g/mol. The molecular formula is C13H22O2. The van der Waals surface area contributed by atoms with Crippen molar-refractivity contribution in [1.82, 2.24) is 0 Å². The van der Waals surface area contributed by atoms with E-state index in [0.717, 1.165) is 19.4 Å². The first kappa shape index (κ1) is 11.1. The van der Waals surface area contributed by atoms with E-state index in [1.54, 1.807) is 0 Å². The maximum Gasteiger partial charge on any atom is 0.144 e. The number of Topliss-reactive ketones (excluding diaryl/α,β-unsaturated/α-hetero) is 1. The van der Waals surface area contributed by atoms with Gasteiger partial charge in [-0.2, -0.15) is 0 Å². The molecule has 2 nitrogen and oxygen atoms in total. The lowest BCUT2D eigenvalue weighted by Gasteiger charge is -2.49. The summed E-state index contributed by atoms with van der Waals surface area (Å²) in [6.07, 6.45) is 6.80. The van der Waals surface area contributed by atoms with Gasteiger partial charge in [-0.1, -0.05) is 33.1 Å². The molecule has 2 fully saturated rings. The predicted molar refractivity (Wildman–Crippen MR) is 59.7 cm³/mol. The van der Waals surface area contributed by atoms with E-state index >= 15 is 0 Å². The molecule has 15 heavy (non-hydrogen) atoms. The fraction of sp³-hybridized carbons (Fsp3) is 0.923. The van der Waals surface area contributed by atoms with E-state index in [1.807, 2.05) is 0 Å². The van der Waals surface area contributed by atoms with Crippen molar-refractivity contribution in [2.24, 2.45) is 11.3 Å². The quantitative estimate of drug-likeness (QED) is 0.716. The van der Waals surface area contributed by atoms with Crippen LogP contribution in [-0.4, -0.2) is 18.5 Å². The van der Waals surface area contributed by atoms with Gasteiger partial charge in [0.15, 0.2) is 0 Å². The van der Waals surface area contributed by atoms with Gasteiger partial charge >= 0.3 is 0 Å². The Balaban J connectivity index is 1.93. The van der Waals surface area contributed by atoms with Crippen LogP contribution in [0.15, 0.2) is 0 Å². The van der Waals surface area contributed by atoms with Gasteiger partial charge in [-0.15, -0.1) is 0 Å². The summed E-state index contributed by atoms with van der Waals surface area (Å²) in [6.45, 7) is 5.13. The second-order valence-electron chi connectivity index (χ2n) is 5.56. The summed E-state index contributed by atoms with van der Waals surface area (Å²) in [5.74, 6) is 1.04. The van der Waals surface area contributed by atoms with E-state index in [4.69, 9.17) is 4.74 Å². The molecule has 1 atom stereocenters. The van der Waals surface area contributed by atoms with Gasteiger partial charge in [-0.05, 0) is 18.8 Å². The predicted octanol–water partition coefficient (Wildman–Crippen LogP) is 2.95. The lowest BCUT2D eigenvalue weighted by atomic mass is 9.57. The molecule has 0 N–H and O–H groups in total. The van der Waals surface area contributed by atoms with Crippen LogP contribution in [0, 0.1) is 11.3 Å². The van der Waals surface area contributed by atoms with E-state index in [-0.39, 0.29) is 11.5 Å². The molecule has 1 spiro atoms. The first-order valence-corrected chi connectivity index (χ1v) is 6.30. The van der Waals surface area contributed by atoms with Crippen molar-refractivity contribution in [2.45, 2.75) is 58.5 Å². The Morgan fingerprint density at radius 2 is 2.00 bits per heavy atom. The van der Waals surface area contributed by atoms with Crippen molar-refractivity contribution in [2.75, 3.05) is 6.61 Å². The molecule has 0 aromatic heterocycles. The normalized spacial score (nSPS) is 29.5. The summed E-state index contributed by atoms with van der Waals surface area (Å²) in [5.41, 5.74) is -0.0485. The van der Waals surface area contributed by atoms with E-state index in [0.29, 0.717) is 18.1 Å². The van der Waals surface area contributed by atoms with E-state index in [9.17, 15) is 4.79 Å². The topological polar surface area (TPSA) is 26.3 Å². The maximum absolute atomic E-state index is 11.8. The summed E-state index contributed by atoms with van der Waals surface area (Å²) in [6, 6.07) is 0. The Morgan fingerprint density at radius 1 is 1.33 bits per heavy atom. The van der Waals surface area contributed by atoms with Gasteiger partial charge in [0, 0.05) is 13.0 Å². The van der Waals surface area contributed by atoms with Crippen LogP contribution in [0.5, 0.6) is 0 Å². The minimum absolute atomic E-state index is 0.0485. The van der Waals surface area contributed by atoms with E-state index in [1.165, 1.54) is 19.3 Å². The van der Waals surface area contributed by atoms with Gasteiger partial charge in [-0.25, -0.2) is 0 Å². The van der Waals surface area contributed by atoms with Gasteiger partial charge in [0.05, 0.1) is 11.5 Å². The molecule has 0 saturated heterocycles. The third kappa shape index (κ3) is 1.96. The molecule has 0 heterocycles. The van der Waals surface area contributed by atoms with Gasteiger partial charge in [0.1, 0.15) is 5.78 Å². The summed E-state index contributed by atoms with van der Waals surface area (Å²) in [7, 11) is 0. The van der Waals surface area contributed by atoms with Crippen molar-refractivity contribution in [3.8, 4) is 0 Å². The Labute approximate surface area is 92.4 Å². The highest BCUT2D eigenvalue weighted by Gasteiger charge is 2.55. The molecule has 2 aliphatic rings. The second-order valence-corrected chi connectivity index (χ2v) is 5.56. The summed E-state index contributed by atoms with van der Waals surface area (Å²) in [5, 5.41) is 0. The Kier molecular flexibility index (Phi) is 3.15. The lowest BCUT2D eigenvalue weighted by Crippen LogP contribution is -2.56. The average molecular weight is 210 g/mol. The standard InChI is InChI=1S/C13H22O2/c1-10(2)9-15-12-8-11(14)13(12)6-4-3-5-7-13/h10,12H,3-9H2,1-2H3. The highest BCUT2D eigenvalue weighted by molar-refractivity contribution is 5.92. The largest absolute Gasteiger partial charge is 0.376 e. The third-order valence-corrected chi connectivity index (χ3v) is 3.92. The molecule has 0 radical (unpaired) electrons. The number of ether oxygens (including phenoxy) is 1. The van der Waals surface area contributed by atoms with Crippen LogP contribution in [0.25, 0.3) is 0 Å². The molecule has 2 aliphatic carbocycles. The number of hydrogen-bond acceptors (Lipinski definition) is 2. The van der Waals surface area contributed by atoms with Crippen LogP contribution in [0.2, 0.25) is 0 Å². The summed E-state index contributed by atoms with van der Waals surface area (Å²) in [4.78, 5) is 11.8. The first-order chi connectivity index (χ1) is 7.15. The van der Waals surface area contributed by atoms with Gasteiger partial charge in [-0.3, -0.25) is 4.79 Å². The molecule has 2 saturated carbocycles. The smallest absolute Gasteiger partial charge is 0.144 e. The maximum atomic E-state index is 11.8. The van der Waals surface area contributed by atoms with Gasteiger partial charge in [0.25, 0.3) is 0 Å². The number of carbonyl (C=O) groups is 1. The SMILES string of the molecule is CC(C)COC1CC(=O)C12CCCCC2. The van der Waals surface area contributed by atoms with Crippen LogP contribution in [0.3, 0.4) is 0 Å². The second kappa shape index (κ2) is 4.25. The van der Waals surface area contributed by atoms with E-state index in [2.05, 4.69) is 13.8 Å². The average Bonchev–Trinajstić information content (AvgIpc) is 2.25. The van der Waals surface area contributed by atoms with Crippen molar-refractivity contribution in [3.05, 3.63) is 0 Å². The summed E-state index contributed by atoms with van der Waals surface area (Å²) < 4.78 is 5.88. The third-order valence-electron chi connectivity index (χ3n) is 3.92. The first-order valence-electron chi connectivity index (χ1n) is 6.30. The van der Waals surface area contributed by atoms with Gasteiger partial charge in [0.2, 0.25) is 0 Å².